The Morgan fingerprint density at radius 3 is 2.37 bits per heavy atom. The number of rotatable bonds is 6. The van der Waals surface area contributed by atoms with Crippen molar-refractivity contribution >= 4 is 0 Å². The van der Waals surface area contributed by atoms with Gasteiger partial charge in [0.15, 0.2) is 0 Å². The Labute approximate surface area is 114 Å². The highest BCUT2D eigenvalue weighted by Crippen LogP contribution is 2.39. The Hall–Kier alpha value is -1.67. The molecule has 1 aromatic carbocycles. The summed E-state index contributed by atoms with van der Waals surface area (Å²) in [5, 5.41) is 3.49. The molecule has 0 bridgehead atoms. The lowest BCUT2D eigenvalue weighted by molar-refractivity contribution is 0.686. The molecule has 1 aliphatic rings. The second kappa shape index (κ2) is 5.98. The van der Waals surface area contributed by atoms with E-state index >= 15 is 0 Å². The molecule has 19 heavy (non-hydrogen) atoms. The molecule has 98 valence electrons. The number of hydrogen-bond donors (Lipinski definition) is 1. The summed E-state index contributed by atoms with van der Waals surface area (Å²) in [7, 11) is 0. The molecule has 0 amide bonds. The number of pyridine rings is 1. The summed E-state index contributed by atoms with van der Waals surface area (Å²) in [5.74, 6) is 0.855. The molecule has 1 aliphatic carbocycles. The molecule has 2 heteroatoms. The van der Waals surface area contributed by atoms with E-state index in [0.29, 0.717) is 0 Å². The van der Waals surface area contributed by atoms with Crippen LogP contribution in [0, 0.1) is 0 Å². The Kier molecular flexibility index (Phi) is 3.89. The normalized spacial score (nSPS) is 14.5. The van der Waals surface area contributed by atoms with Crippen molar-refractivity contribution in [3.05, 3.63) is 65.5 Å². The van der Waals surface area contributed by atoms with E-state index in [2.05, 4.69) is 46.7 Å². The summed E-state index contributed by atoms with van der Waals surface area (Å²) in [6.45, 7) is 1.96. The Balaban J connectivity index is 1.42. The minimum atomic E-state index is 0.855. The molecule has 1 aromatic heterocycles. The number of nitrogens with zero attached hydrogens (tertiary/aromatic N) is 1. The summed E-state index contributed by atoms with van der Waals surface area (Å²) in [6.07, 6.45) is 7.52. The molecule has 0 aliphatic heterocycles. The molecule has 0 atom stereocenters. The van der Waals surface area contributed by atoms with Crippen LogP contribution in [0.4, 0.5) is 0 Å². The SMILES string of the molecule is c1cc(CCNCc2ccc(C3CC3)cc2)ccn1. The molecule has 1 saturated carbocycles. The van der Waals surface area contributed by atoms with E-state index in [1.807, 2.05) is 12.4 Å². The van der Waals surface area contributed by atoms with E-state index in [0.717, 1.165) is 25.4 Å². The second-order valence-corrected chi connectivity index (χ2v) is 5.30. The lowest BCUT2D eigenvalue weighted by atomic mass is 10.1. The maximum atomic E-state index is 4.03. The predicted octanol–water partition coefficient (Wildman–Crippen LogP) is 3.29. The highest BCUT2D eigenvalue weighted by Gasteiger charge is 2.22. The van der Waals surface area contributed by atoms with Gasteiger partial charge in [-0.1, -0.05) is 24.3 Å². The van der Waals surface area contributed by atoms with Crippen molar-refractivity contribution < 1.29 is 0 Å². The Morgan fingerprint density at radius 2 is 1.68 bits per heavy atom. The third kappa shape index (κ3) is 3.65. The van der Waals surface area contributed by atoms with Gasteiger partial charge in [-0.25, -0.2) is 0 Å². The van der Waals surface area contributed by atoms with Crippen molar-refractivity contribution in [2.75, 3.05) is 6.54 Å². The van der Waals surface area contributed by atoms with Crippen molar-refractivity contribution in [2.24, 2.45) is 0 Å². The third-order valence-corrected chi connectivity index (χ3v) is 3.70. The molecule has 1 N–H and O–H groups in total. The van der Waals surface area contributed by atoms with Crippen molar-refractivity contribution in [3.8, 4) is 0 Å². The Morgan fingerprint density at radius 1 is 0.947 bits per heavy atom. The van der Waals surface area contributed by atoms with Gasteiger partial charge in [-0.15, -0.1) is 0 Å². The summed E-state index contributed by atoms with van der Waals surface area (Å²) < 4.78 is 0. The van der Waals surface area contributed by atoms with Gasteiger partial charge in [-0.2, -0.15) is 0 Å². The average Bonchev–Trinajstić information content (AvgIpc) is 3.30. The highest BCUT2D eigenvalue weighted by molar-refractivity contribution is 5.28. The van der Waals surface area contributed by atoms with Crippen LogP contribution in [0.1, 0.15) is 35.4 Å². The lowest BCUT2D eigenvalue weighted by Crippen LogP contribution is -2.16. The molecule has 0 unspecified atom stereocenters. The van der Waals surface area contributed by atoms with Crippen molar-refractivity contribution in [3.63, 3.8) is 0 Å². The van der Waals surface area contributed by atoms with Crippen molar-refractivity contribution in [1.82, 2.24) is 10.3 Å². The monoisotopic (exact) mass is 252 g/mol. The largest absolute Gasteiger partial charge is 0.312 e. The van der Waals surface area contributed by atoms with Crippen LogP contribution < -0.4 is 5.32 Å². The molecule has 0 saturated heterocycles. The quantitative estimate of drug-likeness (QED) is 0.798. The van der Waals surface area contributed by atoms with Crippen molar-refractivity contribution in [2.45, 2.75) is 31.7 Å². The third-order valence-electron chi connectivity index (χ3n) is 3.70. The second-order valence-electron chi connectivity index (χ2n) is 5.30. The number of aromatic nitrogens is 1. The number of hydrogen-bond acceptors (Lipinski definition) is 2. The minimum Gasteiger partial charge on any atom is -0.312 e. The first-order valence-electron chi connectivity index (χ1n) is 7.10. The van der Waals surface area contributed by atoms with Gasteiger partial charge in [0, 0.05) is 18.9 Å². The average molecular weight is 252 g/mol. The van der Waals surface area contributed by atoms with Crippen molar-refractivity contribution in [1.29, 1.82) is 0 Å². The summed E-state index contributed by atoms with van der Waals surface area (Å²) in [5.41, 5.74) is 4.23. The fourth-order valence-corrected chi connectivity index (χ4v) is 2.34. The van der Waals surface area contributed by atoms with Crippen LogP contribution >= 0.6 is 0 Å². The van der Waals surface area contributed by atoms with Gasteiger partial charge >= 0.3 is 0 Å². The zero-order valence-corrected chi connectivity index (χ0v) is 11.2. The fourth-order valence-electron chi connectivity index (χ4n) is 2.34. The summed E-state index contributed by atoms with van der Waals surface area (Å²) in [4.78, 5) is 4.03. The lowest BCUT2D eigenvalue weighted by Gasteiger charge is -2.06. The first kappa shape index (κ1) is 12.4. The van der Waals surface area contributed by atoms with E-state index < -0.39 is 0 Å². The Bertz CT molecular complexity index is 501. The number of benzene rings is 1. The van der Waals surface area contributed by atoms with E-state index in [1.165, 1.54) is 29.5 Å². The zero-order valence-electron chi connectivity index (χ0n) is 11.2. The van der Waals surface area contributed by atoms with Gasteiger partial charge in [0.1, 0.15) is 0 Å². The molecule has 2 nitrogen and oxygen atoms in total. The summed E-state index contributed by atoms with van der Waals surface area (Å²) in [6, 6.07) is 13.2. The summed E-state index contributed by atoms with van der Waals surface area (Å²) >= 11 is 0. The van der Waals surface area contributed by atoms with Crippen LogP contribution in [0.15, 0.2) is 48.8 Å². The van der Waals surface area contributed by atoms with Gasteiger partial charge in [-0.05, 0) is 60.5 Å². The molecular formula is C17H20N2. The smallest absolute Gasteiger partial charge is 0.0270 e. The molecule has 1 heterocycles. The van der Waals surface area contributed by atoms with Crippen LogP contribution in [0.5, 0.6) is 0 Å². The molecule has 0 radical (unpaired) electrons. The van der Waals surface area contributed by atoms with Gasteiger partial charge in [-0.3, -0.25) is 4.98 Å². The predicted molar refractivity (Wildman–Crippen MR) is 78.1 cm³/mol. The van der Waals surface area contributed by atoms with Crippen LogP contribution in [-0.2, 0) is 13.0 Å². The van der Waals surface area contributed by atoms with Gasteiger partial charge in [0.25, 0.3) is 0 Å². The van der Waals surface area contributed by atoms with E-state index in [1.54, 1.807) is 0 Å². The minimum absolute atomic E-state index is 0.855. The van der Waals surface area contributed by atoms with Crippen LogP contribution in [-0.4, -0.2) is 11.5 Å². The molecule has 3 rings (SSSR count). The first-order chi connectivity index (χ1) is 9.42. The molecule has 2 aromatic rings. The topological polar surface area (TPSA) is 24.9 Å². The van der Waals surface area contributed by atoms with E-state index in [-0.39, 0.29) is 0 Å². The standard InChI is InChI=1S/C17H20N2/c1-3-16(17-5-6-17)4-2-15(1)13-19-12-9-14-7-10-18-11-8-14/h1-4,7-8,10-11,17,19H,5-6,9,12-13H2. The van der Waals surface area contributed by atoms with Gasteiger partial charge in [0.05, 0.1) is 0 Å². The number of nitrogens with one attached hydrogen (secondary N) is 1. The van der Waals surface area contributed by atoms with Crippen LogP contribution in [0.2, 0.25) is 0 Å². The van der Waals surface area contributed by atoms with Crippen LogP contribution in [0.25, 0.3) is 0 Å². The maximum absolute atomic E-state index is 4.03. The van der Waals surface area contributed by atoms with Crippen LogP contribution in [0.3, 0.4) is 0 Å². The van der Waals surface area contributed by atoms with E-state index in [4.69, 9.17) is 0 Å². The fraction of sp³-hybridized carbons (Fsp3) is 0.353. The molecule has 0 spiro atoms. The maximum Gasteiger partial charge on any atom is 0.0270 e. The highest BCUT2D eigenvalue weighted by atomic mass is 14.8. The first-order valence-corrected chi connectivity index (χ1v) is 7.10. The van der Waals surface area contributed by atoms with E-state index in [9.17, 15) is 0 Å². The zero-order chi connectivity index (χ0) is 12.9. The van der Waals surface area contributed by atoms with Gasteiger partial charge in [0.2, 0.25) is 0 Å². The molecular weight excluding hydrogens is 232 g/mol. The molecule has 1 fully saturated rings. The van der Waals surface area contributed by atoms with Gasteiger partial charge < -0.3 is 5.32 Å².